The molecular weight excluding hydrogens is 232 g/mol. The van der Waals surface area contributed by atoms with Gasteiger partial charge in [-0.05, 0) is 32.4 Å². The van der Waals surface area contributed by atoms with Crippen LogP contribution in [0.25, 0.3) is 0 Å². The normalized spacial score (nSPS) is 13.8. The lowest BCUT2D eigenvalue weighted by Crippen LogP contribution is -2.26. The van der Waals surface area contributed by atoms with Crippen LogP contribution in [0.1, 0.15) is 37.6 Å². The number of carbonyl (C=O) groups excluding carboxylic acids is 1. The largest absolute Gasteiger partial charge is 0.493 e. The minimum absolute atomic E-state index is 0.384. The Labute approximate surface area is 108 Å². The lowest BCUT2D eigenvalue weighted by Gasteiger charge is -2.19. The zero-order chi connectivity index (χ0) is 13.5. The smallest absolute Gasteiger partial charge is 0.153 e. The average Bonchev–Trinajstić information content (AvgIpc) is 2.36. The molecule has 1 N–H and O–H groups in total. The second-order valence-corrected chi connectivity index (χ2v) is 4.23. The van der Waals surface area contributed by atoms with Crippen molar-refractivity contribution in [3.05, 3.63) is 23.8 Å². The van der Waals surface area contributed by atoms with E-state index in [2.05, 4.69) is 0 Å². The second-order valence-electron chi connectivity index (χ2n) is 4.23. The molecule has 18 heavy (non-hydrogen) atoms. The lowest BCUT2D eigenvalue weighted by atomic mass is 10.2. The van der Waals surface area contributed by atoms with E-state index in [1.54, 1.807) is 32.0 Å². The summed E-state index contributed by atoms with van der Waals surface area (Å²) in [5.74, 6) is 1.10. The third-order valence-electron chi connectivity index (χ3n) is 2.58. The molecule has 0 aliphatic rings. The third-order valence-corrected chi connectivity index (χ3v) is 2.58. The van der Waals surface area contributed by atoms with Crippen LogP contribution in [-0.4, -0.2) is 30.2 Å². The van der Waals surface area contributed by atoms with Crippen molar-refractivity contribution in [1.29, 1.82) is 0 Å². The molecule has 0 radical (unpaired) electrons. The van der Waals surface area contributed by atoms with Crippen molar-refractivity contribution in [2.24, 2.45) is 0 Å². The van der Waals surface area contributed by atoms with Crippen LogP contribution in [-0.2, 0) is 0 Å². The van der Waals surface area contributed by atoms with E-state index in [1.807, 2.05) is 6.92 Å². The van der Waals surface area contributed by atoms with Crippen LogP contribution in [0.3, 0.4) is 0 Å². The first-order valence-electron chi connectivity index (χ1n) is 6.15. The molecular formula is C14H20O4. The predicted molar refractivity (Wildman–Crippen MR) is 69.4 cm³/mol. The van der Waals surface area contributed by atoms with Crippen molar-refractivity contribution in [2.45, 2.75) is 39.4 Å². The molecule has 0 aromatic heterocycles. The first-order chi connectivity index (χ1) is 8.58. The van der Waals surface area contributed by atoms with Crippen molar-refractivity contribution in [3.8, 4) is 11.5 Å². The van der Waals surface area contributed by atoms with E-state index in [0.717, 1.165) is 12.7 Å². The topological polar surface area (TPSA) is 55.8 Å². The Hall–Kier alpha value is -1.55. The molecule has 1 rings (SSSR count). The van der Waals surface area contributed by atoms with Gasteiger partial charge >= 0.3 is 0 Å². The lowest BCUT2D eigenvalue weighted by molar-refractivity contribution is 0.0595. The van der Waals surface area contributed by atoms with Gasteiger partial charge in [0.25, 0.3) is 0 Å². The summed E-state index contributed by atoms with van der Waals surface area (Å²) in [5.41, 5.74) is 0.450. The van der Waals surface area contributed by atoms with E-state index in [1.165, 1.54) is 0 Å². The number of rotatable bonds is 7. The molecule has 0 saturated heterocycles. The summed E-state index contributed by atoms with van der Waals surface area (Å²) < 4.78 is 11.0. The van der Waals surface area contributed by atoms with Crippen LogP contribution in [0, 0.1) is 0 Å². The molecule has 100 valence electrons. The maximum Gasteiger partial charge on any atom is 0.153 e. The number of benzene rings is 1. The number of hydrogen-bond donors (Lipinski definition) is 1. The SMILES string of the molecule is CCCOc1ccc(C=O)c(OC(C)C(C)O)c1. The molecule has 0 bridgehead atoms. The summed E-state index contributed by atoms with van der Waals surface area (Å²) in [7, 11) is 0. The summed E-state index contributed by atoms with van der Waals surface area (Å²) in [6.45, 7) is 6.03. The van der Waals surface area contributed by atoms with Gasteiger partial charge in [-0.25, -0.2) is 0 Å². The van der Waals surface area contributed by atoms with Crippen molar-refractivity contribution in [1.82, 2.24) is 0 Å². The summed E-state index contributed by atoms with van der Waals surface area (Å²) >= 11 is 0. The number of aldehydes is 1. The highest BCUT2D eigenvalue weighted by molar-refractivity contribution is 5.79. The van der Waals surface area contributed by atoms with Gasteiger partial charge in [0.05, 0.1) is 18.3 Å². The fourth-order valence-electron chi connectivity index (χ4n) is 1.32. The zero-order valence-electron chi connectivity index (χ0n) is 11.1. The molecule has 2 atom stereocenters. The molecule has 0 spiro atoms. The van der Waals surface area contributed by atoms with E-state index >= 15 is 0 Å². The Morgan fingerprint density at radius 3 is 2.67 bits per heavy atom. The van der Waals surface area contributed by atoms with Crippen LogP contribution in [0.15, 0.2) is 18.2 Å². The van der Waals surface area contributed by atoms with Crippen LogP contribution in [0.2, 0.25) is 0 Å². The summed E-state index contributed by atoms with van der Waals surface area (Å²) in [4.78, 5) is 10.9. The van der Waals surface area contributed by atoms with E-state index in [4.69, 9.17) is 9.47 Å². The second kappa shape index (κ2) is 7.01. The maximum absolute atomic E-state index is 10.9. The van der Waals surface area contributed by atoms with Crippen LogP contribution in [0.5, 0.6) is 11.5 Å². The first kappa shape index (κ1) is 14.5. The maximum atomic E-state index is 10.9. The van der Waals surface area contributed by atoms with Crippen LogP contribution >= 0.6 is 0 Å². The highest BCUT2D eigenvalue weighted by Gasteiger charge is 2.13. The Kier molecular flexibility index (Phi) is 5.65. The zero-order valence-corrected chi connectivity index (χ0v) is 11.1. The predicted octanol–water partition coefficient (Wildman–Crippen LogP) is 2.44. The summed E-state index contributed by atoms with van der Waals surface area (Å²) in [5, 5.41) is 9.41. The van der Waals surface area contributed by atoms with Gasteiger partial charge in [-0.15, -0.1) is 0 Å². The number of aliphatic hydroxyl groups excluding tert-OH is 1. The van der Waals surface area contributed by atoms with E-state index < -0.39 is 6.10 Å². The van der Waals surface area contributed by atoms with E-state index in [9.17, 15) is 9.90 Å². The van der Waals surface area contributed by atoms with Crippen molar-refractivity contribution in [3.63, 3.8) is 0 Å². The fourth-order valence-corrected chi connectivity index (χ4v) is 1.32. The van der Waals surface area contributed by atoms with Gasteiger partial charge in [0.1, 0.15) is 17.6 Å². The first-order valence-corrected chi connectivity index (χ1v) is 6.15. The quantitative estimate of drug-likeness (QED) is 0.757. The molecule has 4 nitrogen and oxygen atoms in total. The van der Waals surface area contributed by atoms with Gasteiger partial charge in [-0.1, -0.05) is 6.92 Å². The molecule has 1 aromatic carbocycles. The van der Waals surface area contributed by atoms with Gasteiger partial charge in [-0.2, -0.15) is 0 Å². The molecule has 0 aliphatic heterocycles. The number of carbonyl (C=O) groups is 1. The standard InChI is InChI=1S/C14H20O4/c1-4-7-17-13-6-5-12(9-15)14(8-13)18-11(3)10(2)16/h5-6,8-11,16H,4,7H2,1-3H3. The van der Waals surface area contributed by atoms with Crippen LogP contribution < -0.4 is 9.47 Å². The number of hydrogen-bond acceptors (Lipinski definition) is 4. The van der Waals surface area contributed by atoms with Gasteiger partial charge in [-0.3, -0.25) is 4.79 Å². The Morgan fingerprint density at radius 2 is 2.11 bits per heavy atom. The molecule has 2 unspecified atom stereocenters. The minimum Gasteiger partial charge on any atom is -0.493 e. The van der Waals surface area contributed by atoms with Crippen molar-refractivity contribution >= 4 is 6.29 Å². The number of ether oxygens (including phenoxy) is 2. The molecule has 1 aromatic rings. The average molecular weight is 252 g/mol. The van der Waals surface area contributed by atoms with Gasteiger partial charge < -0.3 is 14.6 Å². The van der Waals surface area contributed by atoms with Crippen LogP contribution in [0.4, 0.5) is 0 Å². The van der Waals surface area contributed by atoms with Crippen molar-refractivity contribution in [2.75, 3.05) is 6.61 Å². The highest BCUT2D eigenvalue weighted by Crippen LogP contribution is 2.25. The molecule has 0 heterocycles. The molecule has 0 amide bonds. The minimum atomic E-state index is -0.607. The molecule has 0 fully saturated rings. The van der Waals surface area contributed by atoms with E-state index in [0.29, 0.717) is 23.7 Å². The fraction of sp³-hybridized carbons (Fsp3) is 0.500. The summed E-state index contributed by atoms with van der Waals surface area (Å²) in [6, 6.07) is 5.07. The molecule has 4 heteroatoms. The van der Waals surface area contributed by atoms with E-state index in [-0.39, 0.29) is 6.10 Å². The summed E-state index contributed by atoms with van der Waals surface area (Å²) in [6.07, 6.45) is 0.651. The number of aliphatic hydroxyl groups is 1. The highest BCUT2D eigenvalue weighted by atomic mass is 16.5. The molecule has 0 aliphatic carbocycles. The van der Waals surface area contributed by atoms with Gasteiger partial charge in [0.15, 0.2) is 6.29 Å². The van der Waals surface area contributed by atoms with Gasteiger partial charge in [0.2, 0.25) is 0 Å². The Morgan fingerprint density at radius 1 is 1.39 bits per heavy atom. The monoisotopic (exact) mass is 252 g/mol. The van der Waals surface area contributed by atoms with Crippen molar-refractivity contribution < 1.29 is 19.4 Å². The van der Waals surface area contributed by atoms with Gasteiger partial charge in [0, 0.05) is 6.07 Å². The third kappa shape index (κ3) is 4.04. The molecule has 0 saturated carbocycles. The Bertz CT molecular complexity index is 387. The Balaban J connectivity index is 2.87.